The number of carbonyl (C=O) groups excluding carboxylic acids is 2. The fourth-order valence-electron chi connectivity index (χ4n) is 1.91. The van der Waals surface area contributed by atoms with Gasteiger partial charge < -0.3 is 16.4 Å². The Morgan fingerprint density at radius 1 is 1.38 bits per heavy atom. The van der Waals surface area contributed by atoms with Crippen LogP contribution in [0.3, 0.4) is 0 Å². The van der Waals surface area contributed by atoms with E-state index in [9.17, 15) is 9.59 Å². The van der Waals surface area contributed by atoms with Gasteiger partial charge in [-0.2, -0.15) is 0 Å². The molecule has 0 saturated heterocycles. The lowest BCUT2D eigenvalue weighted by atomic mass is 9.86. The lowest BCUT2D eigenvalue weighted by Gasteiger charge is -2.25. The third-order valence-electron chi connectivity index (χ3n) is 4.07. The molecular formula is C16H23N3O2. The molecule has 114 valence electrons. The maximum Gasteiger partial charge on any atom is 0.251 e. The first-order valence-corrected chi connectivity index (χ1v) is 7.41. The van der Waals surface area contributed by atoms with Crippen LogP contribution in [0.15, 0.2) is 24.3 Å². The number of hydrogen-bond acceptors (Lipinski definition) is 3. The summed E-state index contributed by atoms with van der Waals surface area (Å²) in [7, 11) is 0. The van der Waals surface area contributed by atoms with Gasteiger partial charge in [-0.15, -0.1) is 0 Å². The molecule has 2 amide bonds. The number of amides is 2. The van der Waals surface area contributed by atoms with Gasteiger partial charge in [0, 0.05) is 23.8 Å². The molecule has 2 rings (SSSR count). The number of carbonyl (C=O) groups is 2. The highest BCUT2D eigenvalue weighted by atomic mass is 16.2. The number of nitrogens with two attached hydrogens (primary N) is 1. The van der Waals surface area contributed by atoms with Crippen LogP contribution in [0.25, 0.3) is 0 Å². The molecule has 1 aromatic rings. The van der Waals surface area contributed by atoms with Gasteiger partial charge >= 0.3 is 0 Å². The second-order valence-electron chi connectivity index (χ2n) is 5.90. The third-order valence-corrected chi connectivity index (χ3v) is 4.07. The molecule has 0 aromatic heterocycles. The highest BCUT2D eigenvalue weighted by molar-refractivity contribution is 5.98. The zero-order valence-corrected chi connectivity index (χ0v) is 12.6. The second kappa shape index (κ2) is 6.26. The van der Waals surface area contributed by atoms with Crippen molar-refractivity contribution in [3.63, 3.8) is 0 Å². The van der Waals surface area contributed by atoms with Crippen molar-refractivity contribution in [3.05, 3.63) is 29.8 Å². The van der Waals surface area contributed by atoms with E-state index in [1.807, 2.05) is 13.8 Å². The summed E-state index contributed by atoms with van der Waals surface area (Å²) in [6.07, 6.45) is 2.76. The van der Waals surface area contributed by atoms with Gasteiger partial charge in [0.05, 0.1) is 5.41 Å². The minimum Gasteiger partial charge on any atom is -0.349 e. The quantitative estimate of drug-likeness (QED) is 0.747. The predicted octanol–water partition coefficient (Wildman–Crippen LogP) is 1.89. The average molecular weight is 289 g/mol. The fourth-order valence-corrected chi connectivity index (χ4v) is 1.91. The van der Waals surface area contributed by atoms with Crippen LogP contribution in [-0.4, -0.2) is 24.4 Å². The van der Waals surface area contributed by atoms with E-state index in [0.29, 0.717) is 23.7 Å². The van der Waals surface area contributed by atoms with Crippen LogP contribution in [0, 0.1) is 5.41 Å². The molecule has 4 N–H and O–H groups in total. The van der Waals surface area contributed by atoms with Crippen molar-refractivity contribution in [1.82, 2.24) is 5.32 Å². The molecule has 1 atom stereocenters. The average Bonchev–Trinajstić information content (AvgIpc) is 3.30. The Morgan fingerprint density at radius 3 is 2.67 bits per heavy atom. The lowest BCUT2D eigenvalue weighted by Crippen LogP contribution is -2.39. The van der Waals surface area contributed by atoms with E-state index in [-0.39, 0.29) is 18.4 Å². The molecule has 0 radical (unpaired) electrons. The molecule has 1 fully saturated rings. The van der Waals surface area contributed by atoms with Crippen molar-refractivity contribution in [2.75, 3.05) is 11.9 Å². The minimum absolute atomic E-state index is 0.0920. The Morgan fingerprint density at radius 2 is 2.10 bits per heavy atom. The first-order chi connectivity index (χ1) is 9.98. The van der Waals surface area contributed by atoms with Crippen molar-refractivity contribution in [2.24, 2.45) is 11.1 Å². The summed E-state index contributed by atoms with van der Waals surface area (Å²) in [5.74, 6) is -0.210. The molecule has 1 aromatic carbocycles. The maximum atomic E-state index is 12.3. The number of nitrogens with one attached hydrogen (secondary N) is 2. The van der Waals surface area contributed by atoms with Crippen molar-refractivity contribution < 1.29 is 9.59 Å². The predicted molar refractivity (Wildman–Crippen MR) is 83.0 cm³/mol. The van der Waals surface area contributed by atoms with E-state index in [4.69, 9.17) is 5.73 Å². The monoisotopic (exact) mass is 289 g/mol. The Labute approximate surface area is 125 Å². The van der Waals surface area contributed by atoms with Gasteiger partial charge in [0.25, 0.3) is 5.91 Å². The normalized spacial score (nSPS) is 16.9. The molecule has 1 aliphatic rings. The van der Waals surface area contributed by atoms with Crippen molar-refractivity contribution in [2.45, 2.75) is 39.2 Å². The van der Waals surface area contributed by atoms with Gasteiger partial charge in [-0.05, 0) is 44.4 Å². The van der Waals surface area contributed by atoms with Gasteiger partial charge in [-0.3, -0.25) is 9.59 Å². The number of benzene rings is 1. The third kappa shape index (κ3) is 3.82. The second-order valence-corrected chi connectivity index (χ2v) is 5.90. The van der Waals surface area contributed by atoms with Gasteiger partial charge in [0.15, 0.2) is 0 Å². The topological polar surface area (TPSA) is 84.2 Å². The van der Waals surface area contributed by atoms with Crippen LogP contribution in [0.4, 0.5) is 5.69 Å². The van der Waals surface area contributed by atoms with Crippen molar-refractivity contribution in [1.29, 1.82) is 0 Å². The molecule has 1 aliphatic carbocycles. The molecule has 5 nitrogen and oxygen atoms in total. The number of rotatable bonds is 6. The van der Waals surface area contributed by atoms with E-state index in [2.05, 4.69) is 10.6 Å². The van der Waals surface area contributed by atoms with Crippen molar-refractivity contribution >= 4 is 17.5 Å². The fraction of sp³-hybridized carbons (Fsp3) is 0.500. The van der Waals surface area contributed by atoms with Crippen molar-refractivity contribution in [3.8, 4) is 0 Å². The Balaban J connectivity index is 2.06. The molecule has 0 heterocycles. The smallest absolute Gasteiger partial charge is 0.251 e. The van der Waals surface area contributed by atoms with E-state index in [1.54, 1.807) is 24.3 Å². The first kappa shape index (κ1) is 15.5. The molecule has 1 saturated carbocycles. The maximum absolute atomic E-state index is 12.3. The molecule has 0 spiro atoms. The minimum atomic E-state index is -0.591. The van der Waals surface area contributed by atoms with E-state index < -0.39 is 5.41 Å². The van der Waals surface area contributed by atoms with Gasteiger partial charge in [-0.25, -0.2) is 0 Å². The van der Waals surface area contributed by atoms with Crippen LogP contribution in [0.1, 0.15) is 43.5 Å². The number of hydrogen-bond donors (Lipinski definition) is 3. The summed E-state index contributed by atoms with van der Waals surface area (Å²) in [4.78, 5) is 24.3. The SMILES string of the molecule is CCC(C)(CN)C(=O)Nc1cccc(C(=O)NC2CC2)c1. The molecule has 21 heavy (non-hydrogen) atoms. The number of anilines is 1. The highest BCUT2D eigenvalue weighted by Gasteiger charge is 2.29. The molecule has 5 heteroatoms. The molecule has 1 unspecified atom stereocenters. The van der Waals surface area contributed by atoms with Crippen LogP contribution in [0.2, 0.25) is 0 Å². The molecule has 0 bridgehead atoms. The van der Waals surface area contributed by atoms with Gasteiger partial charge in [0.1, 0.15) is 0 Å². The summed E-state index contributed by atoms with van der Waals surface area (Å²) in [5, 5.41) is 5.78. The zero-order chi connectivity index (χ0) is 15.5. The summed E-state index contributed by atoms with van der Waals surface area (Å²) in [5.41, 5.74) is 6.28. The van der Waals surface area contributed by atoms with Gasteiger partial charge in [0.2, 0.25) is 5.91 Å². The highest BCUT2D eigenvalue weighted by Crippen LogP contribution is 2.23. The Bertz CT molecular complexity index is 534. The summed E-state index contributed by atoms with van der Waals surface area (Å²) < 4.78 is 0. The van der Waals surface area contributed by atoms with Gasteiger partial charge in [-0.1, -0.05) is 13.0 Å². The zero-order valence-electron chi connectivity index (χ0n) is 12.6. The van der Waals surface area contributed by atoms with Crippen LogP contribution < -0.4 is 16.4 Å². The van der Waals surface area contributed by atoms with Crippen LogP contribution in [-0.2, 0) is 4.79 Å². The first-order valence-electron chi connectivity index (χ1n) is 7.41. The van der Waals surface area contributed by atoms with Crippen LogP contribution >= 0.6 is 0 Å². The molecular weight excluding hydrogens is 266 g/mol. The Kier molecular flexibility index (Phi) is 4.63. The van der Waals surface area contributed by atoms with E-state index in [0.717, 1.165) is 12.8 Å². The van der Waals surface area contributed by atoms with Crippen LogP contribution in [0.5, 0.6) is 0 Å². The van der Waals surface area contributed by atoms with E-state index >= 15 is 0 Å². The molecule has 0 aliphatic heterocycles. The lowest BCUT2D eigenvalue weighted by molar-refractivity contribution is -0.124. The summed E-state index contributed by atoms with van der Waals surface area (Å²) in [6.45, 7) is 4.06. The Hall–Kier alpha value is -1.88. The summed E-state index contributed by atoms with van der Waals surface area (Å²) >= 11 is 0. The standard InChI is InChI=1S/C16H23N3O2/c1-3-16(2,10-17)15(21)19-13-6-4-5-11(9-13)14(20)18-12-7-8-12/h4-6,9,12H,3,7-8,10,17H2,1-2H3,(H,18,20)(H,19,21). The van der Waals surface area contributed by atoms with E-state index in [1.165, 1.54) is 0 Å². The summed E-state index contributed by atoms with van der Waals surface area (Å²) in [6, 6.07) is 7.30. The largest absolute Gasteiger partial charge is 0.349 e.